The van der Waals surface area contributed by atoms with E-state index in [2.05, 4.69) is 17.4 Å². The molecule has 54 valence electrons. The molecule has 1 unspecified atom stereocenters. The van der Waals surface area contributed by atoms with Crippen LogP contribution < -0.4 is 0 Å². The number of thiol groups is 1. The minimum atomic E-state index is -0.219. The Kier molecular flexibility index (Phi) is 4.58. The van der Waals surface area contributed by atoms with Gasteiger partial charge in [0.15, 0.2) is 0 Å². The highest BCUT2D eigenvalue weighted by Crippen LogP contribution is 1.98. The van der Waals surface area contributed by atoms with Crippen molar-refractivity contribution in [2.75, 3.05) is 6.61 Å². The van der Waals surface area contributed by atoms with Crippen LogP contribution in [0.3, 0.4) is 0 Å². The normalized spacial score (nSPS) is 12.8. The van der Waals surface area contributed by atoms with E-state index >= 15 is 0 Å². The minimum Gasteiger partial charge on any atom is -0.466 e. The lowest BCUT2D eigenvalue weighted by atomic mass is 10.3. The second kappa shape index (κ2) is 4.68. The van der Waals surface area contributed by atoms with E-state index < -0.39 is 0 Å². The lowest BCUT2D eigenvalue weighted by Crippen LogP contribution is -2.04. The molecular formula is C6H12O2S. The summed E-state index contributed by atoms with van der Waals surface area (Å²) in [4.78, 5) is 10.2. The maximum Gasteiger partial charge on any atom is 0.302 e. The van der Waals surface area contributed by atoms with Crippen molar-refractivity contribution in [2.24, 2.45) is 0 Å². The van der Waals surface area contributed by atoms with Gasteiger partial charge in [-0.3, -0.25) is 4.79 Å². The van der Waals surface area contributed by atoms with E-state index in [0.29, 0.717) is 11.9 Å². The average Bonchev–Trinajstić information content (AvgIpc) is 1.63. The van der Waals surface area contributed by atoms with E-state index in [1.54, 1.807) is 0 Å². The maximum atomic E-state index is 10.2. The molecule has 0 aliphatic heterocycles. The number of carbonyl (C=O) groups excluding carboxylic acids is 1. The molecule has 0 aromatic heterocycles. The summed E-state index contributed by atoms with van der Waals surface area (Å²) in [5.41, 5.74) is 0. The molecule has 0 heterocycles. The van der Waals surface area contributed by atoms with E-state index in [0.717, 1.165) is 6.42 Å². The van der Waals surface area contributed by atoms with Crippen molar-refractivity contribution in [2.45, 2.75) is 25.5 Å². The second-order valence-electron chi connectivity index (χ2n) is 1.98. The van der Waals surface area contributed by atoms with Gasteiger partial charge >= 0.3 is 5.97 Å². The topological polar surface area (TPSA) is 26.3 Å². The van der Waals surface area contributed by atoms with Gasteiger partial charge in [-0.05, 0) is 6.42 Å². The number of rotatable bonds is 3. The third-order valence-corrected chi connectivity index (χ3v) is 1.10. The first-order valence-corrected chi connectivity index (χ1v) is 3.46. The third-order valence-electron chi connectivity index (χ3n) is 0.841. The van der Waals surface area contributed by atoms with Crippen LogP contribution in [0, 0.1) is 0 Å². The zero-order chi connectivity index (χ0) is 7.28. The fourth-order valence-corrected chi connectivity index (χ4v) is 0.479. The van der Waals surface area contributed by atoms with Gasteiger partial charge in [0.25, 0.3) is 0 Å². The molecule has 0 aromatic rings. The summed E-state index contributed by atoms with van der Waals surface area (Å²) in [7, 11) is 0. The van der Waals surface area contributed by atoms with Gasteiger partial charge in [0.05, 0.1) is 6.61 Å². The summed E-state index contributed by atoms with van der Waals surface area (Å²) >= 11 is 4.11. The van der Waals surface area contributed by atoms with Crippen molar-refractivity contribution in [3.63, 3.8) is 0 Å². The van der Waals surface area contributed by atoms with Gasteiger partial charge in [0, 0.05) is 12.2 Å². The van der Waals surface area contributed by atoms with Gasteiger partial charge in [0.2, 0.25) is 0 Å². The standard InChI is InChI=1S/C6H12O2S/c1-5(9)3-4-8-6(2)7/h5,9H,3-4H2,1-2H3. The van der Waals surface area contributed by atoms with E-state index in [-0.39, 0.29) is 5.97 Å². The van der Waals surface area contributed by atoms with E-state index in [4.69, 9.17) is 0 Å². The van der Waals surface area contributed by atoms with Crippen LogP contribution in [0.5, 0.6) is 0 Å². The molecule has 0 radical (unpaired) electrons. The van der Waals surface area contributed by atoms with Crippen molar-refractivity contribution in [1.29, 1.82) is 0 Å². The van der Waals surface area contributed by atoms with Gasteiger partial charge < -0.3 is 4.74 Å². The van der Waals surface area contributed by atoms with E-state index in [1.165, 1.54) is 6.92 Å². The quantitative estimate of drug-likeness (QED) is 0.481. The summed E-state index contributed by atoms with van der Waals surface area (Å²) < 4.78 is 4.66. The largest absolute Gasteiger partial charge is 0.466 e. The molecule has 0 spiro atoms. The lowest BCUT2D eigenvalue weighted by molar-refractivity contribution is -0.141. The Morgan fingerprint density at radius 2 is 2.33 bits per heavy atom. The molecular weight excluding hydrogens is 136 g/mol. The van der Waals surface area contributed by atoms with Crippen LogP contribution in [0.1, 0.15) is 20.3 Å². The monoisotopic (exact) mass is 148 g/mol. The number of ether oxygens (including phenoxy) is 1. The molecule has 0 saturated carbocycles. The van der Waals surface area contributed by atoms with Gasteiger partial charge in [0.1, 0.15) is 0 Å². The number of hydrogen-bond acceptors (Lipinski definition) is 3. The first kappa shape index (κ1) is 8.82. The first-order chi connectivity index (χ1) is 4.13. The molecule has 9 heavy (non-hydrogen) atoms. The van der Waals surface area contributed by atoms with Gasteiger partial charge in [-0.2, -0.15) is 12.6 Å². The second-order valence-corrected chi connectivity index (χ2v) is 2.86. The Balaban J connectivity index is 3.01. The molecule has 0 amide bonds. The lowest BCUT2D eigenvalue weighted by Gasteiger charge is -2.02. The molecule has 2 nitrogen and oxygen atoms in total. The zero-order valence-electron chi connectivity index (χ0n) is 5.76. The van der Waals surface area contributed by atoms with Crippen molar-refractivity contribution >= 4 is 18.6 Å². The first-order valence-electron chi connectivity index (χ1n) is 2.94. The Hall–Kier alpha value is -0.180. The maximum absolute atomic E-state index is 10.2. The Morgan fingerprint density at radius 1 is 1.78 bits per heavy atom. The molecule has 0 fully saturated rings. The van der Waals surface area contributed by atoms with E-state index in [1.807, 2.05) is 6.92 Å². The Bertz CT molecular complexity index is 91.1. The van der Waals surface area contributed by atoms with Crippen LogP contribution in [-0.2, 0) is 9.53 Å². The molecule has 0 N–H and O–H groups in total. The molecule has 0 aliphatic carbocycles. The van der Waals surface area contributed by atoms with Gasteiger partial charge in [-0.1, -0.05) is 6.92 Å². The highest BCUT2D eigenvalue weighted by atomic mass is 32.1. The fourth-order valence-electron chi connectivity index (χ4n) is 0.373. The van der Waals surface area contributed by atoms with Crippen molar-refractivity contribution in [1.82, 2.24) is 0 Å². The van der Waals surface area contributed by atoms with Crippen LogP contribution in [0.4, 0.5) is 0 Å². The fraction of sp³-hybridized carbons (Fsp3) is 0.833. The highest BCUT2D eigenvalue weighted by Gasteiger charge is 1.95. The predicted molar refractivity (Wildman–Crippen MR) is 39.7 cm³/mol. The van der Waals surface area contributed by atoms with Gasteiger partial charge in [-0.25, -0.2) is 0 Å². The summed E-state index contributed by atoms with van der Waals surface area (Å²) in [6, 6.07) is 0. The van der Waals surface area contributed by atoms with Crippen LogP contribution in [0.15, 0.2) is 0 Å². The molecule has 0 bridgehead atoms. The van der Waals surface area contributed by atoms with Crippen molar-refractivity contribution in [3.05, 3.63) is 0 Å². The molecule has 1 atom stereocenters. The van der Waals surface area contributed by atoms with Crippen molar-refractivity contribution in [3.8, 4) is 0 Å². The average molecular weight is 148 g/mol. The number of hydrogen-bond donors (Lipinski definition) is 1. The molecule has 3 heteroatoms. The summed E-state index contributed by atoms with van der Waals surface area (Å²) in [6.45, 7) is 3.86. The SMILES string of the molecule is CC(=O)OCCC(C)S. The third kappa shape index (κ3) is 7.82. The minimum absolute atomic E-state index is 0.219. The number of carbonyl (C=O) groups is 1. The van der Waals surface area contributed by atoms with Crippen LogP contribution >= 0.6 is 12.6 Å². The van der Waals surface area contributed by atoms with E-state index in [9.17, 15) is 4.79 Å². The molecule has 0 aromatic carbocycles. The molecule has 0 aliphatic rings. The zero-order valence-corrected chi connectivity index (χ0v) is 6.65. The van der Waals surface area contributed by atoms with Crippen LogP contribution in [-0.4, -0.2) is 17.8 Å². The Morgan fingerprint density at radius 3 is 2.67 bits per heavy atom. The van der Waals surface area contributed by atoms with Crippen LogP contribution in [0.2, 0.25) is 0 Å². The number of esters is 1. The molecule has 0 rings (SSSR count). The highest BCUT2D eigenvalue weighted by molar-refractivity contribution is 7.80. The van der Waals surface area contributed by atoms with Crippen LogP contribution in [0.25, 0.3) is 0 Å². The predicted octanol–water partition coefficient (Wildman–Crippen LogP) is 1.26. The Labute approximate surface area is 61.0 Å². The van der Waals surface area contributed by atoms with Gasteiger partial charge in [-0.15, -0.1) is 0 Å². The summed E-state index contributed by atoms with van der Waals surface area (Å²) in [6.07, 6.45) is 0.822. The smallest absolute Gasteiger partial charge is 0.302 e. The summed E-state index contributed by atoms with van der Waals surface area (Å²) in [5.74, 6) is -0.219. The van der Waals surface area contributed by atoms with Crippen molar-refractivity contribution < 1.29 is 9.53 Å². The summed E-state index contributed by atoms with van der Waals surface area (Å²) in [5, 5.41) is 0.310. The molecule has 0 saturated heterocycles.